The van der Waals surface area contributed by atoms with Crippen molar-refractivity contribution in [2.24, 2.45) is 0 Å². The highest BCUT2D eigenvalue weighted by Crippen LogP contribution is 2.32. The SMILES string of the molecule is CCOc1ccc(Br)cc1C(=O)NC(=S)Nc1cc(Cl)c(Cl)cc1Cl. The zero-order valence-corrected chi connectivity index (χ0v) is 17.5. The molecule has 0 unspecified atom stereocenters. The number of benzene rings is 2. The Morgan fingerprint density at radius 1 is 1.16 bits per heavy atom. The fourth-order valence-corrected chi connectivity index (χ4v) is 3.06. The maximum Gasteiger partial charge on any atom is 0.261 e. The summed E-state index contributed by atoms with van der Waals surface area (Å²) in [6, 6.07) is 8.15. The largest absolute Gasteiger partial charge is 0.493 e. The topological polar surface area (TPSA) is 50.4 Å². The van der Waals surface area contributed by atoms with Gasteiger partial charge in [-0.1, -0.05) is 50.7 Å². The second-order valence-corrected chi connectivity index (χ2v) is 7.27. The second-order valence-electron chi connectivity index (χ2n) is 4.73. The highest BCUT2D eigenvalue weighted by molar-refractivity contribution is 9.10. The number of ether oxygens (including phenoxy) is 1. The zero-order valence-electron chi connectivity index (χ0n) is 12.8. The van der Waals surface area contributed by atoms with Crippen molar-refractivity contribution in [2.45, 2.75) is 6.92 Å². The summed E-state index contributed by atoms with van der Waals surface area (Å²) < 4.78 is 6.21. The van der Waals surface area contributed by atoms with Crippen molar-refractivity contribution in [3.05, 3.63) is 55.4 Å². The van der Waals surface area contributed by atoms with Gasteiger partial charge in [0, 0.05) is 4.47 Å². The standard InChI is InChI=1S/C16H12BrCl3N2O2S/c1-2-24-14-4-3-8(17)5-9(14)15(23)22-16(25)21-13-7-11(19)10(18)6-12(13)20/h3-7H,2H2,1H3,(H2,21,22,23,25). The molecule has 0 aromatic heterocycles. The van der Waals surface area contributed by atoms with E-state index >= 15 is 0 Å². The Balaban J connectivity index is 2.14. The van der Waals surface area contributed by atoms with E-state index in [2.05, 4.69) is 26.6 Å². The molecule has 2 aromatic carbocycles. The fourth-order valence-electron chi connectivity index (χ4n) is 1.90. The average molecular weight is 483 g/mol. The van der Waals surface area contributed by atoms with Gasteiger partial charge in [-0.25, -0.2) is 0 Å². The minimum Gasteiger partial charge on any atom is -0.493 e. The molecule has 0 aliphatic carbocycles. The van der Waals surface area contributed by atoms with Gasteiger partial charge in [0.2, 0.25) is 0 Å². The van der Waals surface area contributed by atoms with Gasteiger partial charge in [0.1, 0.15) is 5.75 Å². The smallest absolute Gasteiger partial charge is 0.261 e. The molecule has 0 spiro atoms. The van der Waals surface area contributed by atoms with Crippen LogP contribution in [0.2, 0.25) is 15.1 Å². The fraction of sp³-hybridized carbons (Fsp3) is 0.125. The summed E-state index contributed by atoms with van der Waals surface area (Å²) in [4.78, 5) is 12.5. The molecular formula is C16H12BrCl3N2O2S. The minimum absolute atomic E-state index is 0.0627. The van der Waals surface area contributed by atoms with Crippen LogP contribution < -0.4 is 15.4 Å². The van der Waals surface area contributed by atoms with Crippen LogP contribution in [0, 0.1) is 0 Å². The first-order chi connectivity index (χ1) is 11.8. The third-order valence-corrected chi connectivity index (χ3v) is 4.70. The maximum atomic E-state index is 12.5. The predicted molar refractivity (Wildman–Crippen MR) is 110 cm³/mol. The van der Waals surface area contributed by atoms with Crippen LogP contribution in [0.1, 0.15) is 17.3 Å². The molecule has 2 rings (SSSR count). The first-order valence-corrected chi connectivity index (χ1v) is 9.34. The summed E-state index contributed by atoms with van der Waals surface area (Å²) in [6.45, 7) is 2.27. The molecule has 1 amide bonds. The van der Waals surface area contributed by atoms with E-state index < -0.39 is 5.91 Å². The second kappa shape index (κ2) is 9.05. The number of carbonyl (C=O) groups is 1. The number of rotatable bonds is 4. The molecule has 132 valence electrons. The van der Waals surface area contributed by atoms with E-state index in [4.69, 9.17) is 51.8 Å². The lowest BCUT2D eigenvalue weighted by Gasteiger charge is -2.14. The Hall–Kier alpha value is -1.05. The maximum absolute atomic E-state index is 12.5. The van der Waals surface area contributed by atoms with Crippen molar-refractivity contribution >= 4 is 79.7 Å². The normalized spacial score (nSPS) is 10.3. The number of hydrogen-bond donors (Lipinski definition) is 2. The molecule has 0 heterocycles. The molecule has 0 bridgehead atoms. The van der Waals surface area contributed by atoms with Crippen molar-refractivity contribution in [2.75, 3.05) is 11.9 Å². The van der Waals surface area contributed by atoms with E-state index in [0.29, 0.717) is 38.7 Å². The summed E-state index contributed by atoms with van der Waals surface area (Å²) in [5, 5.41) is 6.42. The molecule has 0 aliphatic rings. The Labute approximate surface area is 173 Å². The van der Waals surface area contributed by atoms with Crippen LogP contribution in [0.15, 0.2) is 34.8 Å². The van der Waals surface area contributed by atoms with Crippen LogP contribution in [0.5, 0.6) is 5.75 Å². The van der Waals surface area contributed by atoms with Crippen LogP contribution in [0.3, 0.4) is 0 Å². The first-order valence-electron chi connectivity index (χ1n) is 7.01. The van der Waals surface area contributed by atoms with Gasteiger partial charge < -0.3 is 10.1 Å². The number of amides is 1. The van der Waals surface area contributed by atoms with E-state index in [9.17, 15) is 4.79 Å². The molecule has 25 heavy (non-hydrogen) atoms. The average Bonchev–Trinajstić information content (AvgIpc) is 2.54. The van der Waals surface area contributed by atoms with E-state index in [1.54, 1.807) is 18.2 Å². The van der Waals surface area contributed by atoms with Crippen molar-refractivity contribution in [1.82, 2.24) is 5.32 Å². The number of nitrogens with one attached hydrogen (secondary N) is 2. The van der Waals surface area contributed by atoms with E-state index in [0.717, 1.165) is 4.47 Å². The van der Waals surface area contributed by atoms with E-state index in [-0.39, 0.29) is 5.11 Å². The molecule has 9 heteroatoms. The van der Waals surface area contributed by atoms with Gasteiger partial charge in [0.25, 0.3) is 5.91 Å². The van der Waals surface area contributed by atoms with Crippen molar-refractivity contribution < 1.29 is 9.53 Å². The molecule has 0 atom stereocenters. The van der Waals surface area contributed by atoms with Gasteiger partial charge in [0.15, 0.2) is 5.11 Å². The molecule has 2 aromatic rings. The lowest BCUT2D eigenvalue weighted by molar-refractivity contribution is 0.0974. The van der Waals surface area contributed by atoms with Crippen molar-refractivity contribution in [3.63, 3.8) is 0 Å². The summed E-state index contributed by atoms with van der Waals surface area (Å²) in [5.74, 6) is 0.0389. The molecule has 4 nitrogen and oxygen atoms in total. The lowest BCUT2D eigenvalue weighted by Crippen LogP contribution is -2.34. The summed E-state index contributed by atoms with van der Waals surface area (Å²) in [5.41, 5.74) is 0.779. The lowest BCUT2D eigenvalue weighted by atomic mass is 10.2. The first kappa shape index (κ1) is 20.3. The molecular weight excluding hydrogens is 471 g/mol. The Bertz CT molecular complexity index is 833. The van der Waals surface area contributed by atoms with Crippen molar-refractivity contribution in [1.29, 1.82) is 0 Å². The molecule has 0 fully saturated rings. The molecule has 2 N–H and O–H groups in total. The Morgan fingerprint density at radius 3 is 2.52 bits per heavy atom. The highest BCUT2D eigenvalue weighted by atomic mass is 79.9. The van der Waals surface area contributed by atoms with E-state index in [1.807, 2.05) is 6.92 Å². The van der Waals surface area contributed by atoms with Gasteiger partial charge in [-0.15, -0.1) is 0 Å². The van der Waals surface area contributed by atoms with Gasteiger partial charge in [-0.2, -0.15) is 0 Å². The number of carbonyl (C=O) groups excluding carboxylic acids is 1. The van der Waals surface area contributed by atoms with Gasteiger partial charge in [0.05, 0.1) is 32.9 Å². The zero-order chi connectivity index (χ0) is 18.6. The summed E-state index contributed by atoms with van der Waals surface area (Å²) in [6.07, 6.45) is 0. The van der Waals surface area contributed by atoms with Crippen LogP contribution in [0.4, 0.5) is 5.69 Å². The summed E-state index contributed by atoms with van der Waals surface area (Å²) >= 11 is 26.4. The van der Waals surface area contributed by atoms with Gasteiger partial charge in [-0.05, 0) is 49.5 Å². The monoisotopic (exact) mass is 480 g/mol. The van der Waals surface area contributed by atoms with Crippen LogP contribution in [0.25, 0.3) is 0 Å². The van der Waals surface area contributed by atoms with Crippen LogP contribution in [-0.2, 0) is 0 Å². The number of thiocarbonyl (C=S) groups is 1. The van der Waals surface area contributed by atoms with Crippen molar-refractivity contribution in [3.8, 4) is 5.75 Å². The Morgan fingerprint density at radius 2 is 1.84 bits per heavy atom. The molecule has 0 saturated heterocycles. The number of anilines is 1. The third-order valence-electron chi connectivity index (χ3n) is 2.97. The molecule has 0 radical (unpaired) electrons. The quantitative estimate of drug-likeness (QED) is 0.419. The predicted octanol–water partition coefficient (Wildman–Crippen LogP) is 5.93. The van der Waals surface area contributed by atoms with Gasteiger partial charge in [-0.3, -0.25) is 10.1 Å². The van der Waals surface area contributed by atoms with Crippen LogP contribution >= 0.6 is 63.0 Å². The third kappa shape index (κ3) is 5.46. The summed E-state index contributed by atoms with van der Waals surface area (Å²) in [7, 11) is 0. The number of hydrogen-bond acceptors (Lipinski definition) is 3. The number of halogens is 4. The molecule has 0 saturated carbocycles. The highest BCUT2D eigenvalue weighted by Gasteiger charge is 2.15. The molecule has 0 aliphatic heterocycles. The Kier molecular flexibility index (Phi) is 7.34. The van der Waals surface area contributed by atoms with E-state index in [1.165, 1.54) is 12.1 Å². The van der Waals surface area contributed by atoms with Crippen LogP contribution in [-0.4, -0.2) is 17.6 Å². The minimum atomic E-state index is -0.418. The van der Waals surface area contributed by atoms with Gasteiger partial charge >= 0.3 is 0 Å².